The molecule has 10 aliphatic heterocycles. The zero-order valence-corrected chi connectivity index (χ0v) is 76.8. The summed E-state index contributed by atoms with van der Waals surface area (Å²) in [4.78, 5) is 97.8. The standard InChI is InChI=1S/C19H22ClN5O.3C18H21ClN6O.C18H21ClN6/c1-12-3-2-4-13(20)16(12)18-17-14(9-22-18)24-15(10-23-17)25-7-5-19(21,11-26)6-8-25;1-11-15(19)12(2-5-21-11)16-17-13(8-22-16)24-14(9-23-17)25-6-3-18(20,10-26)4-7-25;1-11-15(19)12(2-5-21-11)16-17-13(8-22-16)24-14(9-23-17)25-6-3-18(26,10-20)4-7-25;1-11-6-12(13(19)7-21-11)16-17-14(8-22-16)24-15(9-23-17)25-4-2-18(26,10-20)3-5-25;1-11-15(19)12(3-6-21-11)16-17-13(9-22-16)24-14(10-23-17)25-7-4-18(2,20)5-8-25/h2-4,10,26H,5-9,11,21H2,1H3;2*2,5,9,26H,3-4,6-8,10,20H2,1H3;6-7,9,26H,2-5,8,10,20H2,1H3;3,6,10H,4-5,7-9,20H2,1-2H3. The summed E-state index contributed by atoms with van der Waals surface area (Å²) in [5.74, 6) is 4.21. The van der Waals surface area contributed by atoms with Crippen LogP contribution >= 0.6 is 58.0 Å². The summed E-state index contributed by atoms with van der Waals surface area (Å²) in [6, 6.07) is 13.4. The van der Waals surface area contributed by atoms with Crippen LogP contribution in [0.25, 0.3) is 0 Å². The van der Waals surface area contributed by atoms with E-state index in [4.69, 9.17) is 112 Å². The maximum Gasteiger partial charge on any atom is 0.147 e. The lowest BCUT2D eigenvalue weighted by molar-refractivity contribution is 0.0245. The molecule has 0 radical (unpaired) electrons. The van der Waals surface area contributed by atoms with Gasteiger partial charge in [-0.05, 0) is 142 Å². The molecular weight excluding hydrogens is 1740 g/mol. The summed E-state index contributed by atoms with van der Waals surface area (Å²) in [7, 11) is 0. The Balaban J connectivity index is 0.000000118. The summed E-state index contributed by atoms with van der Waals surface area (Å²) in [5.41, 5.74) is 48.1. The van der Waals surface area contributed by atoms with Crippen LogP contribution in [-0.2, 0) is 32.7 Å². The molecule has 129 heavy (non-hydrogen) atoms. The second kappa shape index (κ2) is 38.6. The van der Waals surface area contributed by atoms with Gasteiger partial charge in [0.15, 0.2) is 0 Å². The molecule has 0 spiro atoms. The van der Waals surface area contributed by atoms with Crippen LogP contribution in [0.1, 0.15) is 184 Å². The van der Waals surface area contributed by atoms with Gasteiger partial charge >= 0.3 is 0 Å². The van der Waals surface area contributed by atoms with E-state index < -0.39 is 22.3 Å². The summed E-state index contributed by atoms with van der Waals surface area (Å²) in [6.07, 6.45) is 23.2. The van der Waals surface area contributed by atoms with Gasteiger partial charge in [-0.1, -0.05) is 70.1 Å². The Morgan fingerprint density at radius 1 is 0.357 bits per heavy atom. The monoisotopic (exact) mass is 1840 g/mol. The molecule has 0 atom stereocenters. The number of hydrogen-bond donors (Lipinski definition) is 9. The molecule has 0 bridgehead atoms. The van der Waals surface area contributed by atoms with Crippen molar-refractivity contribution in [2.45, 2.75) is 166 Å². The predicted octanol–water partition coefficient (Wildman–Crippen LogP) is 9.00. The SMILES string of the molecule is Cc1cc(C2=NCc3nc(N4CCC(O)(CN)CC4)cnc32)c(Cl)cn1.Cc1cccc(Cl)c1C1=NCc2nc(N3CCC(N)(CO)CC3)cnc21.Cc1nccc(C2=NCc3nc(N4CCC(C)(N)CC4)cnc32)c1Cl.Cc1nccc(C2=NCc3nc(N4CCC(N)(CO)CC4)cnc32)c1Cl.Cc1nccc(C2=NCc3nc(N4CCC(O)(CN)CC4)cnc32)c1Cl. The molecule has 10 aromatic rings. The molecule has 0 aliphatic carbocycles. The topological polar surface area (TPSA) is 469 Å². The quantitative estimate of drug-likeness (QED) is 0.0490. The first-order valence-corrected chi connectivity index (χ1v) is 45.3. The molecule has 20 rings (SSSR count). The molecule has 33 nitrogen and oxygen atoms in total. The number of pyridine rings is 4. The number of nitrogens with two attached hydrogens (primary N) is 5. The summed E-state index contributed by atoms with van der Waals surface area (Å²) < 4.78 is 0. The molecule has 10 aliphatic rings. The highest BCUT2D eigenvalue weighted by Gasteiger charge is 2.39. The van der Waals surface area contributed by atoms with E-state index in [1.807, 2.05) is 83.3 Å². The number of rotatable bonds is 14. The number of aryl methyl sites for hydroxylation is 5. The molecule has 5 fully saturated rings. The normalized spacial score (nSPS) is 18.7. The van der Waals surface area contributed by atoms with E-state index in [0.717, 1.165) is 249 Å². The summed E-state index contributed by atoms with van der Waals surface area (Å²) in [5, 5.41) is 42.5. The number of halogens is 5. The van der Waals surface area contributed by atoms with Gasteiger partial charge in [0, 0.05) is 153 Å². The Hall–Kier alpha value is -10.3. The van der Waals surface area contributed by atoms with E-state index in [-0.39, 0.29) is 18.8 Å². The molecule has 9 aromatic heterocycles. The van der Waals surface area contributed by atoms with Gasteiger partial charge in [-0.25, -0.2) is 49.8 Å². The van der Waals surface area contributed by atoms with E-state index in [0.29, 0.717) is 123 Å². The lowest BCUT2D eigenvalue weighted by Crippen LogP contribution is -2.53. The Labute approximate surface area is 773 Å². The number of aromatic nitrogens is 14. The van der Waals surface area contributed by atoms with Gasteiger partial charge in [-0.3, -0.25) is 44.9 Å². The molecule has 5 saturated heterocycles. The molecule has 14 N–H and O–H groups in total. The van der Waals surface area contributed by atoms with Crippen LogP contribution in [0.5, 0.6) is 0 Å². The fourth-order valence-corrected chi connectivity index (χ4v) is 18.2. The number of anilines is 5. The number of nitrogens with zero attached hydrogens (tertiary/aromatic N) is 24. The van der Waals surface area contributed by atoms with Crippen LogP contribution < -0.4 is 53.2 Å². The van der Waals surface area contributed by atoms with Crippen LogP contribution in [0.3, 0.4) is 0 Å². The third kappa shape index (κ3) is 20.0. The van der Waals surface area contributed by atoms with Crippen molar-refractivity contribution in [3.63, 3.8) is 0 Å². The average molecular weight is 1850 g/mol. The number of benzene rings is 1. The van der Waals surface area contributed by atoms with Crippen molar-refractivity contribution >= 4 is 116 Å². The fraction of sp³-hybridized carbons (Fsp3) is 0.440. The van der Waals surface area contributed by atoms with Crippen LogP contribution in [-0.4, -0.2) is 238 Å². The Bertz CT molecular complexity index is 5740. The highest BCUT2D eigenvalue weighted by molar-refractivity contribution is 6.38. The average Bonchev–Trinajstić information content (AvgIpc) is 1.68. The van der Waals surface area contributed by atoms with Crippen molar-refractivity contribution in [1.82, 2.24) is 69.8 Å². The minimum Gasteiger partial charge on any atom is -0.394 e. The third-order valence-corrected chi connectivity index (χ3v) is 27.7. The maximum atomic E-state index is 10.3. The second-order valence-corrected chi connectivity index (χ2v) is 36.9. The minimum atomic E-state index is -0.757. The highest BCUT2D eigenvalue weighted by atomic mass is 35.5. The van der Waals surface area contributed by atoms with E-state index in [9.17, 15) is 20.4 Å². The van der Waals surface area contributed by atoms with E-state index in [1.165, 1.54) is 0 Å². The summed E-state index contributed by atoms with van der Waals surface area (Å²) in [6.45, 7) is 22.5. The number of aliphatic hydroxyl groups is 4. The van der Waals surface area contributed by atoms with Crippen molar-refractivity contribution in [2.75, 3.05) is 116 Å². The lowest BCUT2D eigenvalue weighted by atomic mass is 9.90. The maximum absolute atomic E-state index is 10.3. The number of hydrogen-bond acceptors (Lipinski definition) is 33. The fourth-order valence-electron chi connectivity index (χ4n) is 17.1. The Morgan fingerprint density at radius 3 is 0.961 bits per heavy atom. The van der Waals surface area contributed by atoms with Crippen LogP contribution in [0, 0.1) is 34.6 Å². The molecule has 19 heterocycles. The van der Waals surface area contributed by atoms with Gasteiger partial charge in [-0.15, -0.1) is 0 Å². The van der Waals surface area contributed by atoms with Crippen molar-refractivity contribution < 1.29 is 20.4 Å². The van der Waals surface area contributed by atoms with E-state index in [1.54, 1.807) is 49.6 Å². The van der Waals surface area contributed by atoms with Crippen molar-refractivity contribution in [3.8, 4) is 0 Å². The largest absolute Gasteiger partial charge is 0.394 e. The Morgan fingerprint density at radius 2 is 0.651 bits per heavy atom. The van der Waals surface area contributed by atoms with Gasteiger partial charge < -0.3 is 73.6 Å². The number of fused-ring (bicyclic) bond motifs is 5. The summed E-state index contributed by atoms with van der Waals surface area (Å²) >= 11 is 31.9. The smallest absolute Gasteiger partial charge is 0.147 e. The molecule has 0 amide bonds. The van der Waals surface area contributed by atoms with Gasteiger partial charge in [0.25, 0.3) is 0 Å². The second-order valence-electron chi connectivity index (χ2n) is 34.9. The first-order valence-electron chi connectivity index (χ1n) is 43.4. The Kier molecular flexibility index (Phi) is 27.5. The number of piperidine rings is 5. The first-order chi connectivity index (χ1) is 61.9. The van der Waals surface area contributed by atoms with Gasteiger partial charge in [0.2, 0.25) is 0 Å². The van der Waals surface area contributed by atoms with Crippen molar-refractivity contribution in [3.05, 3.63) is 236 Å². The van der Waals surface area contributed by atoms with E-state index in [2.05, 4.69) is 101 Å². The van der Waals surface area contributed by atoms with Crippen molar-refractivity contribution in [2.24, 2.45) is 53.6 Å². The number of aliphatic imine (C=N–C) groups is 5. The van der Waals surface area contributed by atoms with Gasteiger partial charge in [0.1, 0.15) is 57.6 Å². The zero-order chi connectivity index (χ0) is 90.8. The third-order valence-electron chi connectivity index (χ3n) is 25.7. The number of aliphatic hydroxyl groups excluding tert-OH is 2. The highest BCUT2D eigenvalue weighted by Crippen LogP contribution is 2.38. The first kappa shape index (κ1) is 92.0. The zero-order valence-electron chi connectivity index (χ0n) is 73.0. The lowest BCUT2D eigenvalue weighted by Gasteiger charge is -2.38. The van der Waals surface area contributed by atoms with Crippen LogP contribution in [0.15, 0.2) is 123 Å². The molecular formula is C91H106Cl5N29O4. The molecule has 38 heteroatoms. The molecule has 0 saturated carbocycles. The van der Waals surface area contributed by atoms with Crippen LogP contribution in [0.4, 0.5) is 29.1 Å². The van der Waals surface area contributed by atoms with Crippen LogP contribution in [0.2, 0.25) is 25.1 Å². The van der Waals surface area contributed by atoms with Gasteiger partial charge in [0.05, 0.1) is 187 Å². The minimum absolute atomic E-state index is 0.0139. The molecule has 1 aromatic carbocycles. The molecule has 674 valence electrons. The molecule has 0 unspecified atom stereocenters. The van der Waals surface area contributed by atoms with Crippen molar-refractivity contribution in [1.29, 1.82) is 0 Å². The predicted molar refractivity (Wildman–Crippen MR) is 505 cm³/mol. The van der Waals surface area contributed by atoms with E-state index >= 15 is 0 Å². The van der Waals surface area contributed by atoms with Gasteiger partial charge in [-0.2, -0.15) is 0 Å².